The minimum Gasteiger partial charge on any atom is -0.348 e. The highest BCUT2D eigenvalue weighted by atomic mass is 35.5. The molecule has 8 heteroatoms. The summed E-state index contributed by atoms with van der Waals surface area (Å²) in [5, 5.41) is 3.59. The molecule has 0 spiro atoms. The Balaban J connectivity index is 0.00000156. The molecule has 1 saturated carbocycles. The molecule has 25 heavy (non-hydrogen) atoms. The molecule has 1 aromatic carbocycles. The van der Waals surface area contributed by atoms with Crippen molar-refractivity contribution in [3.8, 4) is 10.6 Å². The molecule has 1 aliphatic carbocycles. The number of benzene rings is 1. The highest BCUT2D eigenvalue weighted by molar-refractivity contribution is 7.16. The van der Waals surface area contributed by atoms with E-state index in [0.29, 0.717) is 27.9 Å². The molecule has 1 aromatic heterocycles. The number of hydrogen-bond acceptors (Lipinski definition) is 4. The molecule has 1 aliphatic rings. The third kappa shape index (κ3) is 5.14. The van der Waals surface area contributed by atoms with Crippen molar-refractivity contribution in [3.63, 3.8) is 0 Å². The fourth-order valence-electron chi connectivity index (χ4n) is 3.06. The van der Waals surface area contributed by atoms with Crippen molar-refractivity contribution in [1.29, 1.82) is 0 Å². The van der Waals surface area contributed by atoms with Crippen molar-refractivity contribution >= 4 is 42.1 Å². The number of rotatable bonds is 4. The van der Waals surface area contributed by atoms with Gasteiger partial charge in [0.15, 0.2) is 0 Å². The van der Waals surface area contributed by atoms with E-state index in [-0.39, 0.29) is 42.6 Å². The Morgan fingerprint density at radius 2 is 2.00 bits per heavy atom. The lowest BCUT2D eigenvalue weighted by Crippen LogP contribution is -2.44. The Labute approximate surface area is 163 Å². The Hall–Kier alpha value is -1.21. The molecular weight excluding hydrogens is 384 g/mol. The second-order valence-corrected chi connectivity index (χ2v) is 6.90. The molecular formula is C17H22Cl2FN3OS. The predicted octanol–water partition coefficient (Wildman–Crippen LogP) is 4.04. The standard InChI is InChI=1S/C17H20FN3OS.2ClH/c18-13-7-3-2-6-12(13)17-20-10-15(23-17)16(22)21-14-8-4-1-5-11(14)9-19;;/h2-3,6-7,10-11,14H,1,4-5,8-9,19H2,(H,21,22);2*1H. The maximum Gasteiger partial charge on any atom is 0.263 e. The monoisotopic (exact) mass is 405 g/mol. The van der Waals surface area contributed by atoms with Gasteiger partial charge in [0.2, 0.25) is 0 Å². The summed E-state index contributed by atoms with van der Waals surface area (Å²) in [6, 6.07) is 6.58. The van der Waals surface area contributed by atoms with Crippen molar-refractivity contribution in [3.05, 3.63) is 41.2 Å². The van der Waals surface area contributed by atoms with E-state index in [1.807, 2.05) is 0 Å². The van der Waals surface area contributed by atoms with Crippen LogP contribution in [0.2, 0.25) is 0 Å². The number of amides is 1. The predicted molar refractivity (Wildman–Crippen MR) is 104 cm³/mol. The van der Waals surface area contributed by atoms with Gasteiger partial charge in [-0.25, -0.2) is 9.37 Å². The van der Waals surface area contributed by atoms with Gasteiger partial charge in [0.05, 0.1) is 6.20 Å². The maximum atomic E-state index is 13.8. The number of halogens is 3. The zero-order chi connectivity index (χ0) is 16.2. The van der Waals surface area contributed by atoms with Crippen LogP contribution in [0.5, 0.6) is 0 Å². The third-order valence-corrected chi connectivity index (χ3v) is 5.39. The molecule has 0 radical (unpaired) electrons. The summed E-state index contributed by atoms with van der Waals surface area (Å²) >= 11 is 1.21. The minimum atomic E-state index is -0.329. The molecule has 1 heterocycles. The number of nitrogens with two attached hydrogens (primary N) is 1. The average Bonchev–Trinajstić information content (AvgIpc) is 3.05. The van der Waals surface area contributed by atoms with E-state index in [1.165, 1.54) is 30.0 Å². The number of nitrogens with one attached hydrogen (secondary N) is 1. The van der Waals surface area contributed by atoms with Crippen molar-refractivity contribution in [1.82, 2.24) is 10.3 Å². The van der Waals surface area contributed by atoms with Gasteiger partial charge in [0.1, 0.15) is 15.7 Å². The SMILES string of the molecule is Cl.Cl.NCC1CCCCC1NC(=O)c1cnc(-c2ccccc2F)s1. The first-order chi connectivity index (χ1) is 11.2. The Bertz CT molecular complexity index is 698. The zero-order valence-electron chi connectivity index (χ0n) is 13.6. The summed E-state index contributed by atoms with van der Waals surface area (Å²) in [6.07, 6.45) is 5.83. The lowest BCUT2D eigenvalue weighted by molar-refractivity contribution is 0.0912. The third-order valence-electron chi connectivity index (χ3n) is 4.36. The molecule has 3 rings (SSSR count). The van der Waals surface area contributed by atoms with Crippen LogP contribution in [0.4, 0.5) is 4.39 Å². The van der Waals surface area contributed by atoms with Crippen LogP contribution in [-0.4, -0.2) is 23.5 Å². The first-order valence-corrected chi connectivity index (χ1v) is 8.72. The van der Waals surface area contributed by atoms with Gasteiger partial charge in [-0.1, -0.05) is 25.0 Å². The summed E-state index contributed by atoms with van der Waals surface area (Å²) in [6.45, 7) is 0.591. The molecule has 3 N–H and O–H groups in total. The molecule has 1 fully saturated rings. The van der Waals surface area contributed by atoms with Crippen LogP contribution in [-0.2, 0) is 0 Å². The molecule has 0 bridgehead atoms. The van der Waals surface area contributed by atoms with Gasteiger partial charge < -0.3 is 11.1 Å². The van der Waals surface area contributed by atoms with Gasteiger partial charge in [-0.2, -0.15) is 0 Å². The first-order valence-electron chi connectivity index (χ1n) is 7.90. The topological polar surface area (TPSA) is 68.0 Å². The van der Waals surface area contributed by atoms with Crippen LogP contribution >= 0.6 is 36.2 Å². The van der Waals surface area contributed by atoms with E-state index in [0.717, 1.165) is 19.3 Å². The number of aromatic nitrogens is 1. The van der Waals surface area contributed by atoms with Crippen LogP contribution in [0.1, 0.15) is 35.4 Å². The molecule has 2 unspecified atom stereocenters. The number of hydrogen-bond donors (Lipinski definition) is 2. The van der Waals surface area contributed by atoms with Crippen LogP contribution < -0.4 is 11.1 Å². The Morgan fingerprint density at radius 1 is 1.28 bits per heavy atom. The van der Waals surface area contributed by atoms with E-state index < -0.39 is 0 Å². The van der Waals surface area contributed by atoms with Gasteiger partial charge in [-0.15, -0.1) is 36.2 Å². The van der Waals surface area contributed by atoms with E-state index in [1.54, 1.807) is 18.2 Å². The normalized spacial score (nSPS) is 19.4. The smallest absolute Gasteiger partial charge is 0.263 e. The minimum absolute atomic E-state index is 0. The van der Waals surface area contributed by atoms with Crippen molar-refractivity contribution in [2.45, 2.75) is 31.7 Å². The second kappa shape index (κ2) is 10.1. The highest BCUT2D eigenvalue weighted by Crippen LogP contribution is 2.28. The van der Waals surface area contributed by atoms with E-state index in [4.69, 9.17) is 5.73 Å². The van der Waals surface area contributed by atoms with E-state index in [9.17, 15) is 9.18 Å². The number of nitrogens with zero attached hydrogens (tertiary/aromatic N) is 1. The van der Waals surface area contributed by atoms with Gasteiger partial charge in [-0.05, 0) is 37.4 Å². The first kappa shape index (κ1) is 21.8. The summed E-state index contributed by atoms with van der Waals surface area (Å²) in [4.78, 5) is 17.1. The molecule has 1 amide bonds. The van der Waals surface area contributed by atoms with Crippen LogP contribution in [0.25, 0.3) is 10.6 Å². The highest BCUT2D eigenvalue weighted by Gasteiger charge is 2.26. The van der Waals surface area contributed by atoms with Gasteiger partial charge in [0.25, 0.3) is 5.91 Å². The largest absolute Gasteiger partial charge is 0.348 e. The summed E-state index contributed by atoms with van der Waals surface area (Å²) in [5.74, 6) is -0.133. The summed E-state index contributed by atoms with van der Waals surface area (Å²) in [7, 11) is 0. The maximum absolute atomic E-state index is 13.8. The number of carbonyl (C=O) groups is 1. The fraction of sp³-hybridized carbons (Fsp3) is 0.412. The molecule has 0 saturated heterocycles. The van der Waals surface area contributed by atoms with E-state index >= 15 is 0 Å². The quantitative estimate of drug-likeness (QED) is 0.805. The molecule has 2 atom stereocenters. The average molecular weight is 406 g/mol. The van der Waals surface area contributed by atoms with Crippen molar-refractivity contribution in [2.24, 2.45) is 11.7 Å². The second-order valence-electron chi connectivity index (χ2n) is 5.87. The fourth-order valence-corrected chi connectivity index (χ4v) is 3.90. The lowest BCUT2D eigenvalue weighted by atomic mass is 9.84. The Morgan fingerprint density at radius 3 is 2.72 bits per heavy atom. The summed E-state index contributed by atoms with van der Waals surface area (Å²) in [5.41, 5.74) is 6.23. The molecule has 0 aliphatic heterocycles. The Kier molecular flexibility index (Phi) is 8.79. The van der Waals surface area contributed by atoms with Gasteiger partial charge >= 0.3 is 0 Å². The molecule has 4 nitrogen and oxygen atoms in total. The van der Waals surface area contributed by atoms with E-state index in [2.05, 4.69) is 10.3 Å². The molecule has 138 valence electrons. The van der Waals surface area contributed by atoms with Crippen molar-refractivity contribution < 1.29 is 9.18 Å². The van der Waals surface area contributed by atoms with Crippen LogP contribution in [0.15, 0.2) is 30.5 Å². The van der Waals surface area contributed by atoms with Crippen molar-refractivity contribution in [2.75, 3.05) is 6.54 Å². The van der Waals surface area contributed by atoms with Crippen LogP contribution in [0, 0.1) is 11.7 Å². The van der Waals surface area contributed by atoms with Gasteiger partial charge in [-0.3, -0.25) is 4.79 Å². The zero-order valence-corrected chi connectivity index (χ0v) is 16.1. The molecule has 2 aromatic rings. The number of thiazole rings is 1. The van der Waals surface area contributed by atoms with Crippen LogP contribution in [0.3, 0.4) is 0 Å². The summed E-state index contributed by atoms with van der Waals surface area (Å²) < 4.78 is 13.8. The van der Waals surface area contributed by atoms with Gasteiger partial charge in [0, 0.05) is 11.6 Å². The lowest BCUT2D eigenvalue weighted by Gasteiger charge is -2.31. The number of carbonyl (C=O) groups excluding carboxylic acids is 1.